The number of halogens is 1. The molecule has 0 aliphatic heterocycles. The van der Waals surface area contributed by atoms with Crippen LogP contribution in [0.5, 0.6) is 11.5 Å². The van der Waals surface area contributed by atoms with Gasteiger partial charge in [0.2, 0.25) is 0 Å². The average Bonchev–Trinajstić information content (AvgIpc) is 2.39. The molecule has 4 heteroatoms. The summed E-state index contributed by atoms with van der Waals surface area (Å²) in [4.78, 5) is 3.99. The highest BCUT2D eigenvalue weighted by Crippen LogP contribution is 2.31. The predicted molar refractivity (Wildman–Crippen MR) is 62.8 cm³/mol. The highest BCUT2D eigenvalue weighted by Gasteiger charge is 2.05. The molecule has 0 aliphatic rings. The second-order valence-corrected chi connectivity index (χ2v) is 3.31. The van der Waals surface area contributed by atoms with Gasteiger partial charge in [0.15, 0.2) is 11.5 Å². The van der Waals surface area contributed by atoms with Crippen LogP contribution in [0, 0.1) is 0 Å². The number of hydrogen-bond acceptors (Lipinski definition) is 3. The van der Waals surface area contributed by atoms with Crippen LogP contribution in [0.3, 0.4) is 0 Å². The Balaban J connectivity index is 0.00000144. The van der Waals surface area contributed by atoms with Crippen molar-refractivity contribution in [2.24, 2.45) is 0 Å². The number of ether oxygens (including phenoxy) is 2. The molecule has 17 heavy (non-hydrogen) atoms. The van der Waals surface area contributed by atoms with Crippen LogP contribution in [0.2, 0.25) is 0 Å². The van der Waals surface area contributed by atoms with Crippen molar-refractivity contribution in [1.82, 2.24) is 4.98 Å². The molecule has 0 atom stereocenters. The molecule has 1 aromatic carbocycles. The number of pyridine rings is 1. The minimum atomic E-state index is 0. The standard InChI is InChI=1S/C13H13NO2.BrH/c1-15-12-4-3-11(9-13(12)16-2)10-5-7-14-8-6-10;/h3-9H,1-2H3;1H/p-1. The molecule has 0 unspecified atom stereocenters. The number of benzene rings is 1. The van der Waals surface area contributed by atoms with Crippen LogP contribution in [0.25, 0.3) is 11.1 Å². The molecule has 0 aliphatic carbocycles. The zero-order valence-electron chi connectivity index (χ0n) is 9.68. The molecule has 0 radical (unpaired) electrons. The first-order chi connectivity index (χ1) is 7.85. The smallest absolute Gasteiger partial charge is 0.161 e. The number of hydrogen-bond donors (Lipinski definition) is 0. The zero-order valence-corrected chi connectivity index (χ0v) is 11.3. The molecule has 0 bridgehead atoms. The van der Waals surface area contributed by atoms with E-state index in [1.54, 1.807) is 26.6 Å². The molecule has 0 N–H and O–H groups in total. The number of nitrogens with zero attached hydrogens (tertiary/aromatic N) is 1. The van der Waals surface area contributed by atoms with E-state index in [1.807, 2.05) is 30.3 Å². The largest absolute Gasteiger partial charge is 1.00 e. The topological polar surface area (TPSA) is 31.4 Å². The molecular formula is C13H13BrNO2-. The van der Waals surface area contributed by atoms with E-state index >= 15 is 0 Å². The minimum Gasteiger partial charge on any atom is -1.00 e. The van der Waals surface area contributed by atoms with Crippen LogP contribution in [-0.4, -0.2) is 19.2 Å². The molecule has 0 saturated heterocycles. The van der Waals surface area contributed by atoms with Crippen LogP contribution in [0.4, 0.5) is 0 Å². The molecule has 0 fully saturated rings. The third kappa shape index (κ3) is 2.97. The maximum atomic E-state index is 5.26. The lowest BCUT2D eigenvalue weighted by Gasteiger charge is -2.09. The van der Waals surface area contributed by atoms with Gasteiger partial charge in [-0.1, -0.05) is 6.07 Å². The lowest BCUT2D eigenvalue weighted by Crippen LogP contribution is -3.00. The Morgan fingerprint density at radius 1 is 0.824 bits per heavy atom. The third-order valence-corrected chi connectivity index (χ3v) is 2.40. The van der Waals surface area contributed by atoms with Crippen LogP contribution in [0.1, 0.15) is 0 Å². The Bertz CT molecular complexity index is 474. The molecule has 2 aromatic rings. The van der Waals surface area contributed by atoms with Gasteiger partial charge in [-0.2, -0.15) is 0 Å². The van der Waals surface area contributed by atoms with E-state index in [0.29, 0.717) is 0 Å². The maximum absolute atomic E-state index is 5.26. The van der Waals surface area contributed by atoms with Gasteiger partial charge in [-0.3, -0.25) is 4.98 Å². The Kier molecular flexibility index (Phi) is 4.97. The molecular weight excluding hydrogens is 282 g/mol. The average molecular weight is 295 g/mol. The fraction of sp³-hybridized carbons (Fsp3) is 0.154. The second-order valence-electron chi connectivity index (χ2n) is 3.31. The van der Waals surface area contributed by atoms with E-state index in [0.717, 1.165) is 22.6 Å². The summed E-state index contributed by atoms with van der Waals surface area (Å²) in [5.41, 5.74) is 2.19. The van der Waals surface area contributed by atoms with Crippen molar-refractivity contribution in [2.75, 3.05) is 14.2 Å². The summed E-state index contributed by atoms with van der Waals surface area (Å²) in [7, 11) is 3.26. The first kappa shape index (κ1) is 13.5. The van der Waals surface area contributed by atoms with Crippen LogP contribution in [0.15, 0.2) is 42.7 Å². The van der Waals surface area contributed by atoms with Crippen molar-refractivity contribution in [3.05, 3.63) is 42.7 Å². The molecule has 90 valence electrons. The van der Waals surface area contributed by atoms with Gasteiger partial charge in [-0.25, -0.2) is 0 Å². The highest BCUT2D eigenvalue weighted by molar-refractivity contribution is 5.66. The summed E-state index contributed by atoms with van der Waals surface area (Å²) in [6, 6.07) is 9.77. The lowest BCUT2D eigenvalue weighted by molar-refractivity contribution is -0.00000379. The third-order valence-electron chi connectivity index (χ3n) is 2.40. The summed E-state index contributed by atoms with van der Waals surface area (Å²) < 4.78 is 10.4. The molecule has 2 rings (SSSR count). The Labute approximate surface area is 111 Å². The van der Waals surface area contributed by atoms with Crippen molar-refractivity contribution >= 4 is 0 Å². The molecule has 0 amide bonds. The first-order valence-electron chi connectivity index (χ1n) is 4.97. The first-order valence-corrected chi connectivity index (χ1v) is 4.97. The second kappa shape index (κ2) is 6.25. The van der Waals surface area contributed by atoms with Gasteiger partial charge < -0.3 is 26.5 Å². The van der Waals surface area contributed by atoms with Crippen LogP contribution < -0.4 is 26.5 Å². The summed E-state index contributed by atoms with van der Waals surface area (Å²) >= 11 is 0. The van der Waals surface area contributed by atoms with Gasteiger partial charge in [0.05, 0.1) is 14.2 Å². The van der Waals surface area contributed by atoms with E-state index in [-0.39, 0.29) is 17.0 Å². The van der Waals surface area contributed by atoms with E-state index in [4.69, 9.17) is 9.47 Å². The Morgan fingerprint density at radius 2 is 1.47 bits per heavy atom. The summed E-state index contributed by atoms with van der Waals surface area (Å²) in [5.74, 6) is 1.47. The Hall–Kier alpha value is -1.55. The Morgan fingerprint density at radius 3 is 2.06 bits per heavy atom. The summed E-state index contributed by atoms with van der Waals surface area (Å²) in [6.45, 7) is 0. The fourth-order valence-electron chi connectivity index (χ4n) is 1.56. The van der Waals surface area contributed by atoms with Crippen molar-refractivity contribution in [3.63, 3.8) is 0 Å². The number of methoxy groups -OCH3 is 2. The molecule has 1 aromatic heterocycles. The van der Waals surface area contributed by atoms with E-state index in [9.17, 15) is 0 Å². The molecule has 3 nitrogen and oxygen atoms in total. The van der Waals surface area contributed by atoms with Crippen molar-refractivity contribution in [3.8, 4) is 22.6 Å². The summed E-state index contributed by atoms with van der Waals surface area (Å²) in [5, 5.41) is 0. The van der Waals surface area contributed by atoms with Gasteiger partial charge >= 0.3 is 0 Å². The minimum absolute atomic E-state index is 0. The SMILES string of the molecule is COc1ccc(-c2ccncc2)cc1OC.[Br-]. The molecule has 1 heterocycles. The molecule has 0 saturated carbocycles. The van der Waals surface area contributed by atoms with Crippen molar-refractivity contribution in [1.29, 1.82) is 0 Å². The highest BCUT2D eigenvalue weighted by atomic mass is 79.9. The lowest BCUT2D eigenvalue weighted by atomic mass is 10.1. The summed E-state index contributed by atoms with van der Waals surface area (Å²) in [6.07, 6.45) is 3.54. The zero-order chi connectivity index (χ0) is 11.4. The van der Waals surface area contributed by atoms with Gasteiger partial charge in [-0.05, 0) is 35.4 Å². The van der Waals surface area contributed by atoms with Gasteiger partial charge in [0.25, 0.3) is 0 Å². The quantitative estimate of drug-likeness (QED) is 0.784. The predicted octanol–water partition coefficient (Wildman–Crippen LogP) is -0.230. The van der Waals surface area contributed by atoms with Crippen LogP contribution >= 0.6 is 0 Å². The van der Waals surface area contributed by atoms with Crippen molar-refractivity contribution in [2.45, 2.75) is 0 Å². The van der Waals surface area contributed by atoms with E-state index in [1.165, 1.54) is 0 Å². The number of rotatable bonds is 3. The van der Waals surface area contributed by atoms with Gasteiger partial charge in [0, 0.05) is 12.4 Å². The van der Waals surface area contributed by atoms with Gasteiger partial charge in [-0.15, -0.1) is 0 Å². The van der Waals surface area contributed by atoms with E-state index < -0.39 is 0 Å². The fourth-order valence-corrected chi connectivity index (χ4v) is 1.56. The maximum Gasteiger partial charge on any atom is 0.161 e. The van der Waals surface area contributed by atoms with E-state index in [2.05, 4.69) is 4.98 Å². The molecule has 0 spiro atoms. The van der Waals surface area contributed by atoms with Gasteiger partial charge in [0.1, 0.15) is 0 Å². The van der Waals surface area contributed by atoms with Crippen LogP contribution in [-0.2, 0) is 0 Å². The number of aromatic nitrogens is 1. The normalized spacial score (nSPS) is 9.29. The monoisotopic (exact) mass is 294 g/mol. The van der Waals surface area contributed by atoms with Crippen molar-refractivity contribution < 1.29 is 26.5 Å².